The number of hydrogen-bond acceptors (Lipinski definition) is 3. The molecule has 21 heavy (non-hydrogen) atoms. The number of hydrogen-bond donors (Lipinski definition) is 1. The first-order valence-corrected chi connectivity index (χ1v) is 8.15. The molecule has 2 atom stereocenters. The zero-order valence-corrected chi connectivity index (χ0v) is 13.7. The van der Waals surface area contributed by atoms with Crippen LogP contribution in [0.5, 0.6) is 5.75 Å². The molecule has 1 N–H and O–H groups in total. The molecule has 0 saturated carbocycles. The molecule has 0 aliphatic carbocycles. The average Bonchev–Trinajstić information content (AvgIpc) is 2.52. The third-order valence-electron chi connectivity index (χ3n) is 4.38. The van der Waals surface area contributed by atoms with Crippen molar-refractivity contribution in [2.24, 2.45) is 0 Å². The van der Waals surface area contributed by atoms with Crippen LogP contribution in [0, 0.1) is 0 Å². The normalized spacial score (nSPS) is 25.8. The van der Waals surface area contributed by atoms with Crippen molar-refractivity contribution in [2.45, 2.75) is 57.6 Å². The fraction of sp³-hybridized carbons (Fsp3) is 0.667. The van der Waals surface area contributed by atoms with Crippen molar-refractivity contribution < 1.29 is 9.47 Å². The molecule has 1 aliphatic rings. The highest BCUT2D eigenvalue weighted by Gasteiger charge is 2.32. The Kier molecular flexibility index (Phi) is 6.07. The standard InChI is InChI=1S/C18H29NO2/c1-4-12-19-16-10-13-21-18(2,14-16)11-9-15-5-7-17(20-3)8-6-15/h5-8,16,19H,4,9-14H2,1-3H3. The third kappa shape index (κ3) is 5.01. The number of nitrogens with one attached hydrogen (secondary N) is 1. The van der Waals surface area contributed by atoms with Crippen LogP contribution < -0.4 is 10.1 Å². The van der Waals surface area contributed by atoms with Crippen LogP contribution in [-0.2, 0) is 11.2 Å². The minimum absolute atomic E-state index is 0.00356. The second-order valence-corrected chi connectivity index (χ2v) is 6.29. The van der Waals surface area contributed by atoms with Crippen molar-refractivity contribution in [2.75, 3.05) is 20.3 Å². The van der Waals surface area contributed by atoms with Gasteiger partial charge < -0.3 is 14.8 Å². The third-order valence-corrected chi connectivity index (χ3v) is 4.38. The summed E-state index contributed by atoms with van der Waals surface area (Å²) in [5.74, 6) is 0.919. The molecule has 1 aromatic rings. The number of aryl methyl sites for hydroxylation is 1. The van der Waals surface area contributed by atoms with Crippen LogP contribution in [0.4, 0.5) is 0 Å². The molecule has 1 fully saturated rings. The summed E-state index contributed by atoms with van der Waals surface area (Å²) in [6.45, 7) is 6.46. The summed E-state index contributed by atoms with van der Waals surface area (Å²) >= 11 is 0. The lowest BCUT2D eigenvalue weighted by Gasteiger charge is -2.39. The highest BCUT2D eigenvalue weighted by molar-refractivity contribution is 5.27. The fourth-order valence-corrected chi connectivity index (χ4v) is 3.03. The molecule has 118 valence electrons. The van der Waals surface area contributed by atoms with Gasteiger partial charge in [-0.3, -0.25) is 0 Å². The van der Waals surface area contributed by atoms with Gasteiger partial charge in [0, 0.05) is 12.6 Å². The fourth-order valence-electron chi connectivity index (χ4n) is 3.03. The van der Waals surface area contributed by atoms with Crippen LogP contribution >= 0.6 is 0 Å². The van der Waals surface area contributed by atoms with E-state index >= 15 is 0 Å². The van der Waals surface area contributed by atoms with Gasteiger partial charge in [0.05, 0.1) is 12.7 Å². The van der Waals surface area contributed by atoms with Crippen LogP contribution in [0.3, 0.4) is 0 Å². The van der Waals surface area contributed by atoms with Gasteiger partial charge in [-0.25, -0.2) is 0 Å². The van der Waals surface area contributed by atoms with E-state index in [4.69, 9.17) is 9.47 Å². The molecule has 2 unspecified atom stereocenters. The topological polar surface area (TPSA) is 30.5 Å². The van der Waals surface area contributed by atoms with Gasteiger partial charge in [-0.1, -0.05) is 19.1 Å². The molecule has 1 saturated heterocycles. The molecule has 0 amide bonds. The summed E-state index contributed by atoms with van der Waals surface area (Å²) in [5, 5.41) is 3.64. The molecular weight excluding hydrogens is 262 g/mol. The van der Waals surface area contributed by atoms with Gasteiger partial charge in [-0.05, 0) is 63.3 Å². The number of methoxy groups -OCH3 is 1. The Morgan fingerprint density at radius 3 is 2.76 bits per heavy atom. The predicted octanol–water partition coefficient (Wildman–Crippen LogP) is 3.57. The zero-order valence-electron chi connectivity index (χ0n) is 13.7. The lowest BCUT2D eigenvalue weighted by Crippen LogP contribution is -2.45. The Labute approximate surface area is 129 Å². The van der Waals surface area contributed by atoms with E-state index in [9.17, 15) is 0 Å². The van der Waals surface area contributed by atoms with E-state index in [0.29, 0.717) is 6.04 Å². The molecule has 3 heteroatoms. The number of ether oxygens (including phenoxy) is 2. The molecule has 1 heterocycles. The molecule has 0 spiro atoms. The van der Waals surface area contributed by atoms with Gasteiger partial charge in [0.1, 0.15) is 5.75 Å². The van der Waals surface area contributed by atoms with Gasteiger partial charge in [0.25, 0.3) is 0 Å². The molecule has 3 nitrogen and oxygen atoms in total. The first kappa shape index (κ1) is 16.3. The lowest BCUT2D eigenvalue weighted by atomic mass is 9.87. The summed E-state index contributed by atoms with van der Waals surface area (Å²) in [7, 11) is 1.70. The number of benzene rings is 1. The SMILES string of the molecule is CCCNC1CCOC(C)(CCc2ccc(OC)cc2)C1. The molecule has 0 bridgehead atoms. The van der Waals surface area contributed by atoms with E-state index in [2.05, 4.69) is 31.3 Å². The van der Waals surface area contributed by atoms with Crippen LogP contribution in [0.25, 0.3) is 0 Å². The summed E-state index contributed by atoms with van der Waals surface area (Å²) in [5.41, 5.74) is 1.35. The number of rotatable bonds is 7. The quantitative estimate of drug-likeness (QED) is 0.833. The molecule has 1 aliphatic heterocycles. The van der Waals surface area contributed by atoms with Gasteiger partial charge in [0.15, 0.2) is 0 Å². The van der Waals surface area contributed by atoms with Crippen LogP contribution in [0.2, 0.25) is 0 Å². The van der Waals surface area contributed by atoms with Crippen molar-refractivity contribution >= 4 is 0 Å². The maximum absolute atomic E-state index is 6.08. The van der Waals surface area contributed by atoms with Gasteiger partial charge in [-0.15, -0.1) is 0 Å². The highest BCUT2D eigenvalue weighted by Crippen LogP contribution is 2.29. The average molecular weight is 291 g/mol. The second kappa shape index (κ2) is 7.81. The van der Waals surface area contributed by atoms with E-state index in [0.717, 1.165) is 44.6 Å². The van der Waals surface area contributed by atoms with E-state index in [-0.39, 0.29) is 5.60 Å². The van der Waals surface area contributed by atoms with Gasteiger partial charge in [-0.2, -0.15) is 0 Å². The van der Waals surface area contributed by atoms with E-state index < -0.39 is 0 Å². The monoisotopic (exact) mass is 291 g/mol. The smallest absolute Gasteiger partial charge is 0.118 e. The second-order valence-electron chi connectivity index (χ2n) is 6.29. The molecule has 2 rings (SSSR count). The maximum Gasteiger partial charge on any atom is 0.118 e. The molecule has 0 aromatic heterocycles. The van der Waals surface area contributed by atoms with Crippen molar-refractivity contribution in [1.82, 2.24) is 5.32 Å². The van der Waals surface area contributed by atoms with Crippen LogP contribution in [0.15, 0.2) is 24.3 Å². The molecule has 1 aromatic carbocycles. The van der Waals surface area contributed by atoms with Crippen LogP contribution in [-0.4, -0.2) is 31.9 Å². The zero-order chi connectivity index (χ0) is 15.1. The van der Waals surface area contributed by atoms with Crippen molar-refractivity contribution in [3.05, 3.63) is 29.8 Å². The summed E-state index contributed by atoms with van der Waals surface area (Å²) < 4.78 is 11.3. The van der Waals surface area contributed by atoms with Crippen molar-refractivity contribution in [1.29, 1.82) is 0 Å². The highest BCUT2D eigenvalue weighted by atomic mass is 16.5. The lowest BCUT2D eigenvalue weighted by molar-refractivity contribution is -0.0804. The summed E-state index contributed by atoms with van der Waals surface area (Å²) in [6, 6.07) is 8.98. The minimum Gasteiger partial charge on any atom is -0.497 e. The van der Waals surface area contributed by atoms with Gasteiger partial charge >= 0.3 is 0 Å². The first-order chi connectivity index (χ1) is 10.1. The summed E-state index contributed by atoms with van der Waals surface area (Å²) in [6.07, 6.45) is 5.58. The van der Waals surface area contributed by atoms with Crippen LogP contribution in [0.1, 0.15) is 45.1 Å². The van der Waals surface area contributed by atoms with E-state index in [1.54, 1.807) is 7.11 Å². The molecule has 0 radical (unpaired) electrons. The Hall–Kier alpha value is -1.06. The Morgan fingerprint density at radius 1 is 1.33 bits per heavy atom. The Balaban J connectivity index is 1.84. The minimum atomic E-state index is 0.00356. The van der Waals surface area contributed by atoms with Crippen molar-refractivity contribution in [3.63, 3.8) is 0 Å². The van der Waals surface area contributed by atoms with Gasteiger partial charge in [0.2, 0.25) is 0 Å². The first-order valence-electron chi connectivity index (χ1n) is 8.15. The van der Waals surface area contributed by atoms with E-state index in [1.807, 2.05) is 12.1 Å². The largest absolute Gasteiger partial charge is 0.497 e. The summed E-state index contributed by atoms with van der Waals surface area (Å²) in [4.78, 5) is 0. The Morgan fingerprint density at radius 2 is 2.10 bits per heavy atom. The predicted molar refractivity (Wildman–Crippen MR) is 87.0 cm³/mol. The maximum atomic E-state index is 6.08. The van der Waals surface area contributed by atoms with Crippen molar-refractivity contribution in [3.8, 4) is 5.75 Å². The van der Waals surface area contributed by atoms with E-state index in [1.165, 1.54) is 12.0 Å². The Bertz CT molecular complexity index is 418. The molecular formula is C18H29NO2.